The molecule has 0 amide bonds. The molecule has 1 aliphatic heterocycles. The van der Waals surface area contributed by atoms with Gasteiger partial charge in [-0.25, -0.2) is 0 Å². The van der Waals surface area contributed by atoms with E-state index >= 15 is 0 Å². The Morgan fingerprint density at radius 2 is 1.10 bits per heavy atom. The van der Waals surface area contributed by atoms with E-state index in [2.05, 4.69) is 13.0 Å². The molecule has 0 spiro atoms. The summed E-state index contributed by atoms with van der Waals surface area (Å²) in [6, 6.07) is 21.2. The minimum absolute atomic E-state index is 0. The van der Waals surface area contributed by atoms with Gasteiger partial charge in [-0.15, -0.1) is 0 Å². The molecule has 1 saturated heterocycles. The maximum atomic E-state index is 10.2. The number of carbonyl (C=O) groups is 1. The van der Waals surface area contributed by atoms with Gasteiger partial charge in [-0.05, 0) is 94.6 Å². The van der Waals surface area contributed by atoms with Crippen molar-refractivity contribution in [3.8, 4) is 0 Å². The Labute approximate surface area is 343 Å². The maximum absolute atomic E-state index is 10.2. The van der Waals surface area contributed by atoms with Crippen LogP contribution in [-0.4, -0.2) is 27.7 Å². The van der Waals surface area contributed by atoms with E-state index in [1.165, 1.54) is 11.6 Å². The number of aliphatic hydroxyl groups excluding tert-OH is 2. The quantitative estimate of drug-likeness (QED) is 0.0882. The Morgan fingerprint density at radius 1 is 0.800 bits per heavy atom. The van der Waals surface area contributed by atoms with Crippen LogP contribution >= 0.6 is 34.8 Å². The summed E-state index contributed by atoms with van der Waals surface area (Å²) in [6.45, 7) is 29.3. The van der Waals surface area contributed by atoms with Crippen molar-refractivity contribution in [3.63, 3.8) is 0 Å². The number of aldehydes is 1. The van der Waals surface area contributed by atoms with Crippen LogP contribution in [0.1, 0.15) is 110 Å². The first-order chi connectivity index (χ1) is 22.4. The third-order valence-electron chi connectivity index (χ3n) is 7.22. The molecule has 3 atom stereocenters. The number of hydrogen-bond donors (Lipinski definition) is 2. The van der Waals surface area contributed by atoms with E-state index in [4.69, 9.17) is 46.1 Å². The van der Waals surface area contributed by atoms with E-state index in [0.29, 0.717) is 20.6 Å². The van der Waals surface area contributed by atoms with Crippen LogP contribution in [0.4, 0.5) is 0 Å². The molecular formula is C41H54Cl3O4Zn2-. The zero-order valence-electron chi connectivity index (χ0n) is 31.8. The predicted molar refractivity (Wildman–Crippen MR) is 207 cm³/mol. The van der Waals surface area contributed by atoms with E-state index < -0.39 is 17.8 Å². The van der Waals surface area contributed by atoms with Crippen molar-refractivity contribution in [1.82, 2.24) is 0 Å². The van der Waals surface area contributed by atoms with Crippen molar-refractivity contribution in [2.24, 2.45) is 0 Å². The largest absolute Gasteiger partial charge is 2.00 e. The summed E-state index contributed by atoms with van der Waals surface area (Å²) in [6.07, 6.45) is 4.11. The van der Waals surface area contributed by atoms with Crippen molar-refractivity contribution in [2.45, 2.75) is 99.6 Å². The number of carbonyl (C=O) groups excluding carboxylic acids is 1. The van der Waals surface area contributed by atoms with Gasteiger partial charge in [0.15, 0.2) is 0 Å². The molecule has 9 heteroatoms. The van der Waals surface area contributed by atoms with Crippen molar-refractivity contribution in [1.29, 1.82) is 0 Å². The van der Waals surface area contributed by atoms with Gasteiger partial charge < -0.3 is 34.5 Å². The van der Waals surface area contributed by atoms with Crippen molar-refractivity contribution in [3.05, 3.63) is 147 Å². The van der Waals surface area contributed by atoms with Crippen molar-refractivity contribution >= 4 is 41.1 Å². The molecule has 268 valence electrons. The second-order valence-corrected chi connectivity index (χ2v) is 12.9. The molecule has 3 aromatic rings. The maximum Gasteiger partial charge on any atom is 2.00 e. The van der Waals surface area contributed by atoms with Crippen LogP contribution in [0.2, 0.25) is 15.1 Å². The summed E-state index contributed by atoms with van der Waals surface area (Å²) >= 11 is 17.1. The van der Waals surface area contributed by atoms with Crippen LogP contribution in [-0.2, 0) is 43.7 Å². The number of aliphatic hydroxyl groups is 2. The van der Waals surface area contributed by atoms with Gasteiger partial charge in [0, 0.05) is 40.1 Å². The Kier molecular flexibility index (Phi) is 32.1. The topological polar surface area (TPSA) is 70.1 Å². The molecule has 0 radical (unpaired) electrons. The fourth-order valence-corrected chi connectivity index (χ4v) is 3.94. The molecule has 1 aliphatic rings. The summed E-state index contributed by atoms with van der Waals surface area (Å²) < 4.78 is 5.56. The third kappa shape index (κ3) is 21.2. The predicted octanol–water partition coefficient (Wildman–Crippen LogP) is 12.4. The summed E-state index contributed by atoms with van der Waals surface area (Å²) in [5.74, 6) is 0. The Hall–Kier alpha value is -1.45. The summed E-state index contributed by atoms with van der Waals surface area (Å²) in [5.41, 5.74) is 5.03. The number of benzene rings is 3. The molecule has 1 heterocycles. The van der Waals surface area contributed by atoms with Gasteiger partial charge in [0.2, 0.25) is 0 Å². The molecule has 4 rings (SSSR count). The van der Waals surface area contributed by atoms with E-state index in [1.807, 2.05) is 86.6 Å². The smallest absolute Gasteiger partial charge is 0.518 e. The zero-order valence-corrected chi connectivity index (χ0v) is 40.0. The summed E-state index contributed by atoms with van der Waals surface area (Å²) in [7, 11) is 0. The van der Waals surface area contributed by atoms with E-state index in [9.17, 15) is 15.0 Å². The molecule has 0 bridgehead atoms. The number of hydrogen-bond acceptors (Lipinski definition) is 4. The number of halogens is 3. The minimum atomic E-state index is -0.607. The molecule has 0 aromatic heterocycles. The first-order valence-corrected chi connectivity index (χ1v) is 16.6. The molecular weight excluding hydrogens is 794 g/mol. The van der Waals surface area contributed by atoms with Gasteiger partial charge in [0.25, 0.3) is 0 Å². The first kappa shape index (κ1) is 55.3. The number of allylic oxidation sites excluding steroid dienone is 4. The van der Waals surface area contributed by atoms with Crippen LogP contribution in [0.15, 0.2) is 95.6 Å². The minimum Gasteiger partial charge on any atom is -0.518 e. The number of rotatable bonds is 5. The fraction of sp³-hybridized carbons (Fsp3) is 0.366. The molecule has 2 N–H and O–H groups in total. The van der Waals surface area contributed by atoms with Gasteiger partial charge in [0.05, 0.1) is 5.60 Å². The first-order valence-electron chi connectivity index (χ1n) is 15.5. The normalized spacial score (nSPS) is 15.1. The van der Waals surface area contributed by atoms with Crippen LogP contribution in [0, 0.1) is 19.6 Å². The third-order valence-corrected chi connectivity index (χ3v) is 7.98. The van der Waals surface area contributed by atoms with Gasteiger partial charge >= 0.3 is 19.5 Å². The molecule has 3 aromatic carbocycles. The molecule has 50 heavy (non-hydrogen) atoms. The Balaban J connectivity index is -0.000000280. The number of epoxide rings is 1. The van der Waals surface area contributed by atoms with E-state index in [0.717, 1.165) is 28.6 Å². The molecule has 0 aliphatic carbocycles. The number of ether oxygens (including phenoxy) is 1. The van der Waals surface area contributed by atoms with E-state index in [1.54, 1.807) is 62.4 Å². The SMILES string of the molecule is CC(C)=C(C)[C@H](O)c1ccc(Cl)cc1.CC1(C)O[C@]1(C)[C@H](O)c1ccc(Cl)cc1.C[C-]=C(C)C.O=Cc1ccc(Cl)cc1.[CH-]=CC.[CH2-]C.[Zn+2].[Zn]. The van der Waals surface area contributed by atoms with Gasteiger partial charge in [-0.3, -0.25) is 16.4 Å². The molecule has 1 fully saturated rings. The standard InChI is InChI=1S/C12H15ClO2.C12H15ClO.C7H5ClO.C5H9.C3H5.C2H5.2Zn/c1-11(2)12(3,15-11)10(14)8-4-6-9(13)7-5-8;1-8(2)9(3)12(14)10-4-6-11(13)7-5-10;8-7-3-1-6(5-9)2-4-7;1-4-5(2)3;1-3-2;1-2;;/h4-7,10,14H,1-3H3;4-7,12,14H,1-3H3;1-5H;1-3H3;1,3H,2H3;1H2,2H3;;/q;;;3*-1;;+2/t10-,12-;12-;;;;;;/m10....../s1. The van der Waals surface area contributed by atoms with Crippen molar-refractivity contribution in [2.75, 3.05) is 0 Å². The Morgan fingerprint density at radius 3 is 1.36 bits per heavy atom. The second-order valence-electron chi connectivity index (χ2n) is 11.6. The monoisotopic (exact) mass is 843 g/mol. The average molecular weight is 848 g/mol. The van der Waals surface area contributed by atoms with Gasteiger partial charge in [-0.2, -0.15) is 13.8 Å². The summed E-state index contributed by atoms with van der Waals surface area (Å²) in [5, 5.41) is 22.1. The molecule has 0 saturated carbocycles. The van der Waals surface area contributed by atoms with Gasteiger partial charge in [-0.1, -0.05) is 97.5 Å². The van der Waals surface area contributed by atoms with E-state index in [-0.39, 0.29) is 44.6 Å². The summed E-state index contributed by atoms with van der Waals surface area (Å²) in [4.78, 5) is 10.1. The van der Waals surface area contributed by atoms with Gasteiger partial charge in [0.1, 0.15) is 24.1 Å². The fourth-order valence-electron chi connectivity index (χ4n) is 3.56. The van der Waals surface area contributed by atoms with Crippen LogP contribution in [0.25, 0.3) is 0 Å². The molecule has 4 nitrogen and oxygen atoms in total. The van der Waals surface area contributed by atoms with Crippen molar-refractivity contribution < 1.29 is 58.7 Å². The average Bonchev–Trinajstić information content (AvgIpc) is 3.60. The van der Waals surface area contributed by atoms with Crippen LogP contribution < -0.4 is 0 Å². The van der Waals surface area contributed by atoms with Crippen LogP contribution in [0.3, 0.4) is 0 Å². The second kappa shape index (κ2) is 29.1. The zero-order chi connectivity index (χ0) is 37.7. The Bertz CT molecular complexity index is 1400. The molecule has 0 unspecified atom stereocenters. The van der Waals surface area contributed by atoms with Crippen LogP contribution in [0.5, 0.6) is 0 Å².